The molecule has 0 spiro atoms. The van der Waals surface area contributed by atoms with Crippen LogP contribution in [-0.4, -0.2) is 122 Å². The van der Waals surface area contributed by atoms with Crippen molar-refractivity contribution in [3.8, 4) is 0 Å². The van der Waals surface area contributed by atoms with E-state index in [2.05, 4.69) is 39.8 Å². The van der Waals surface area contributed by atoms with Crippen molar-refractivity contribution in [1.29, 1.82) is 0 Å². The van der Waals surface area contributed by atoms with E-state index < -0.39 is 73.3 Å². The lowest BCUT2D eigenvalue weighted by Gasteiger charge is -2.66. The average molecular weight is 751 g/mol. The molecule has 4 fully saturated rings. The first kappa shape index (κ1) is 40.9. The molecule has 2 saturated carbocycles. The summed E-state index contributed by atoms with van der Waals surface area (Å²) in [4.78, 5) is 26.5. The van der Waals surface area contributed by atoms with E-state index in [1.54, 1.807) is 0 Å². The number of ether oxygens (including phenoxy) is 4. The van der Waals surface area contributed by atoms with E-state index in [0.29, 0.717) is 25.7 Å². The van der Waals surface area contributed by atoms with Gasteiger partial charge in [-0.2, -0.15) is 0 Å². The molecule has 13 nitrogen and oxygen atoms in total. The fourth-order valence-electron chi connectivity index (χ4n) is 11.3. The van der Waals surface area contributed by atoms with Gasteiger partial charge in [-0.1, -0.05) is 52.8 Å². The Morgan fingerprint density at radius 2 is 1.57 bits per heavy atom. The van der Waals surface area contributed by atoms with Crippen molar-refractivity contribution in [3.63, 3.8) is 0 Å². The Kier molecular flexibility index (Phi) is 11.5. The number of hydrogen-bond acceptors (Lipinski definition) is 13. The Hall–Kier alpha value is -1.78. The molecule has 6 aliphatic rings. The number of allylic oxidation sites excluding steroid dienone is 3. The highest BCUT2D eigenvalue weighted by molar-refractivity contribution is 5.81. The first-order chi connectivity index (χ1) is 24.8. The molecule has 300 valence electrons. The molecule has 6 rings (SSSR count). The van der Waals surface area contributed by atoms with Crippen LogP contribution in [0.5, 0.6) is 0 Å². The number of aliphatic hydroxyl groups is 7. The first-order valence-corrected chi connectivity index (χ1v) is 19.5. The zero-order valence-electron chi connectivity index (χ0n) is 32.0. The van der Waals surface area contributed by atoms with Gasteiger partial charge in [-0.05, 0) is 97.9 Å². The molecule has 17 unspecified atom stereocenters. The summed E-state index contributed by atoms with van der Waals surface area (Å²) in [6, 6.07) is 0. The van der Waals surface area contributed by atoms with Gasteiger partial charge in [-0.25, -0.2) is 0 Å². The van der Waals surface area contributed by atoms with E-state index in [0.717, 1.165) is 31.3 Å². The number of carbonyl (C=O) groups excluding carboxylic acids is 2. The molecule has 0 radical (unpaired) electrons. The third kappa shape index (κ3) is 6.99. The van der Waals surface area contributed by atoms with Gasteiger partial charge < -0.3 is 54.7 Å². The molecular weight excluding hydrogens is 688 g/mol. The number of ketones is 1. The Bertz CT molecular complexity index is 1430. The molecule has 0 amide bonds. The zero-order chi connectivity index (χ0) is 38.8. The quantitative estimate of drug-likeness (QED) is 0.133. The second-order valence-electron chi connectivity index (χ2n) is 18.2. The van der Waals surface area contributed by atoms with Gasteiger partial charge in [-0.15, -0.1) is 0 Å². The normalized spacial score (nSPS) is 48.4. The van der Waals surface area contributed by atoms with Crippen LogP contribution in [0.3, 0.4) is 0 Å². The smallest absolute Gasteiger partial charge is 0.318 e. The summed E-state index contributed by atoms with van der Waals surface area (Å²) in [5.74, 6) is -0.241. The van der Waals surface area contributed by atoms with Gasteiger partial charge in [0.2, 0.25) is 6.29 Å². The third-order valence-corrected chi connectivity index (χ3v) is 14.8. The van der Waals surface area contributed by atoms with Crippen LogP contribution < -0.4 is 0 Å². The molecule has 53 heavy (non-hydrogen) atoms. The highest BCUT2D eigenvalue weighted by Gasteiger charge is 2.64. The van der Waals surface area contributed by atoms with E-state index in [4.69, 9.17) is 18.9 Å². The minimum Gasteiger partial charge on any atom is -0.432 e. The SMILES string of the molecule is CC(=O)C(C)CCC1(C(=O)OC2OC(CO)C(O)C(O)C2O)C=C2C=CC3C(C)(CCC4C(C)(C)C(OC5OCC(O)C(O)C5O)CCC43C)C2CC1. The minimum absolute atomic E-state index is 0.0172. The van der Waals surface area contributed by atoms with E-state index in [-0.39, 0.29) is 58.4 Å². The van der Waals surface area contributed by atoms with Crippen LogP contribution in [0.4, 0.5) is 0 Å². The van der Waals surface area contributed by atoms with Crippen LogP contribution in [0.15, 0.2) is 23.8 Å². The average Bonchev–Trinajstić information content (AvgIpc) is 3.11. The number of Topliss-reactive ketones (excluding diaryl/α,β-unsaturated/α-hetero) is 1. The fraction of sp³-hybridized carbons (Fsp3) is 0.850. The van der Waals surface area contributed by atoms with Crippen molar-refractivity contribution in [2.24, 2.45) is 45.3 Å². The van der Waals surface area contributed by atoms with E-state index >= 15 is 0 Å². The molecular formula is C40H62O13. The van der Waals surface area contributed by atoms with Crippen LogP contribution in [0, 0.1) is 45.3 Å². The zero-order valence-corrected chi connectivity index (χ0v) is 32.0. The van der Waals surface area contributed by atoms with E-state index in [9.17, 15) is 45.3 Å². The maximum absolute atomic E-state index is 14.2. The monoisotopic (exact) mass is 750 g/mol. The number of carbonyl (C=O) groups is 2. The molecule has 17 atom stereocenters. The van der Waals surface area contributed by atoms with Gasteiger partial charge in [0.05, 0.1) is 24.7 Å². The van der Waals surface area contributed by atoms with Crippen molar-refractivity contribution in [2.45, 2.75) is 154 Å². The van der Waals surface area contributed by atoms with Crippen molar-refractivity contribution >= 4 is 11.8 Å². The van der Waals surface area contributed by atoms with E-state index in [1.807, 2.05) is 13.0 Å². The standard InChI is InChI=1S/C40H62O13/c1-20(21(2)42)9-15-40(36(49)53-35-33(48)31(46)30(45)25(18-41)51-35)16-10-23-22(17-40)7-8-27-38(23,5)13-11-26-37(3,4)28(12-14-39(26,27)6)52-34-32(47)29(44)24(43)19-50-34/h7-8,17,20,23-35,41,43-48H,9-16,18-19H2,1-6H3. The summed E-state index contributed by atoms with van der Waals surface area (Å²) in [5, 5.41) is 71.8. The van der Waals surface area contributed by atoms with Crippen LogP contribution in [-0.2, 0) is 28.5 Å². The van der Waals surface area contributed by atoms with Crippen molar-refractivity contribution in [2.75, 3.05) is 13.2 Å². The van der Waals surface area contributed by atoms with Crippen LogP contribution in [0.2, 0.25) is 0 Å². The largest absolute Gasteiger partial charge is 0.432 e. The highest BCUT2D eigenvalue weighted by atomic mass is 16.7. The van der Waals surface area contributed by atoms with E-state index in [1.165, 1.54) is 6.92 Å². The molecule has 2 aliphatic heterocycles. The van der Waals surface area contributed by atoms with Crippen molar-refractivity contribution in [3.05, 3.63) is 23.8 Å². The summed E-state index contributed by atoms with van der Waals surface area (Å²) in [6.45, 7) is 11.8. The van der Waals surface area contributed by atoms with Crippen molar-refractivity contribution < 1.29 is 64.3 Å². The topological polar surface area (TPSA) is 213 Å². The molecule has 0 aromatic carbocycles. The number of esters is 1. The number of fused-ring (bicyclic) bond motifs is 5. The maximum atomic E-state index is 14.2. The Labute approximate surface area is 312 Å². The fourth-order valence-corrected chi connectivity index (χ4v) is 11.3. The lowest BCUT2D eigenvalue weighted by Crippen LogP contribution is -2.62. The molecule has 2 saturated heterocycles. The molecule has 0 aromatic heterocycles. The Morgan fingerprint density at radius 1 is 0.887 bits per heavy atom. The molecule has 13 heteroatoms. The van der Waals surface area contributed by atoms with Gasteiger partial charge in [0.15, 0.2) is 6.29 Å². The minimum atomic E-state index is -1.72. The summed E-state index contributed by atoms with van der Waals surface area (Å²) < 4.78 is 23.4. The molecule has 7 N–H and O–H groups in total. The molecule has 4 aliphatic carbocycles. The van der Waals surface area contributed by atoms with Crippen molar-refractivity contribution in [1.82, 2.24) is 0 Å². The number of hydrogen-bond donors (Lipinski definition) is 7. The van der Waals surface area contributed by atoms with Gasteiger partial charge >= 0.3 is 5.97 Å². The van der Waals surface area contributed by atoms with Crippen LogP contribution in [0.1, 0.15) is 92.9 Å². The van der Waals surface area contributed by atoms with Gasteiger partial charge in [0.1, 0.15) is 48.5 Å². The summed E-state index contributed by atoms with van der Waals surface area (Å²) in [7, 11) is 0. The number of aliphatic hydroxyl groups excluding tert-OH is 7. The van der Waals surface area contributed by atoms with Gasteiger partial charge in [0.25, 0.3) is 0 Å². The van der Waals surface area contributed by atoms with Gasteiger partial charge in [-0.3, -0.25) is 9.59 Å². The molecule has 0 aromatic rings. The second-order valence-corrected chi connectivity index (χ2v) is 18.2. The lowest BCUT2D eigenvalue weighted by molar-refractivity contribution is -0.306. The first-order valence-electron chi connectivity index (χ1n) is 19.5. The lowest BCUT2D eigenvalue weighted by atomic mass is 9.39. The molecule has 2 heterocycles. The summed E-state index contributed by atoms with van der Waals surface area (Å²) in [5.41, 5.74) is -0.563. The third-order valence-electron chi connectivity index (χ3n) is 14.8. The predicted molar refractivity (Wildman–Crippen MR) is 189 cm³/mol. The Balaban J connectivity index is 1.26. The van der Waals surface area contributed by atoms with Crippen LogP contribution >= 0.6 is 0 Å². The van der Waals surface area contributed by atoms with Crippen LogP contribution in [0.25, 0.3) is 0 Å². The second kappa shape index (κ2) is 14.9. The number of rotatable bonds is 9. The molecule has 0 bridgehead atoms. The predicted octanol–water partition coefficient (Wildman–Crippen LogP) is 1.91. The summed E-state index contributed by atoms with van der Waals surface area (Å²) >= 11 is 0. The maximum Gasteiger partial charge on any atom is 0.318 e. The highest BCUT2D eigenvalue weighted by Crippen LogP contribution is 2.69. The summed E-state index contributed by atoms with van der Waals surface area (Å²) in [6.07, 6.45) is -0.987. The van der Waals surface area contributed by atoms with Gasteiger partial charge in [0, 0.05) is 5.92 Å². The Morgan fingerprint density at radius 3 is 2.25 bits per heavy atom.